The van der Waals surface area contributed by atoms with Crippen molar-refractivity contribution in [2.75, 3.05) is 0 Å². The van der Waals surface area contributed by atoms with Crippen molar-refractivity contribution in [2.24, 2.45) is 5.92 Å². The van der Waals surface area contributed by atoms with Crippen LogP contribution >= 0.6 is 34.2 Å². The molecule has 104 valence electrons. The van der Waals surface area contributed by atoms with Crippen molar-refractivity contribution in [1.82, 2.24) is 5.32 Å². The van der Waals surface area contributed by atoms with Crippen molar-refractivity contribution in [2.45, 2.75) is 26.3 Å². The third-order valence-electron chi connectivity index (χ3n) is 2.49. The fourth-order valence-corrected chi connectivity index (χ4v) is 2.09. The van der Waals surface area contributed by atoms with Crippen LogP contribution < -0.4 is 5.32 Å². The normalized spacial score (nSPS) is 12.3. The number of hydrogen-bond donors (Lipinski definition) is 2. The van der Waals surface area contributed by atoms with E-state index in [4.69, 9.17) is 16.7 Å². The maximum absolute atomic E-state index is 12.0. The first-order valence-electron chi connectivity index (χ1n) is 5.80. The molecular formula is C13H15ClINO3. The van der Waals surface area contributed by atoms with Gasteiger partial charge in [-0.25, -0.2) is 4.79 Å². The van der Waals surface area contributed by atoms with Gasteiger partial charge in [-0.2, -0.15) is 0 Å². The summed E-state index contributed by atoms with van der Waals surface area (Å²) in [7, 11) is 0. The molecule has 0 fully saturated rings. The summed E-state index contributed by atoms with van der Waals surface area (Å²) >= 11 is 8.00. The van der Waals surface area contributed by atoms with Gasteiger partial charge in [-0.05, 0) is 53.1 Å². The van der Waals surface area contributed by atoms with Gasteiger partial charge in [0.05, 0.1) is 5.02 Å². The predicted molar refractivity (Wildman–Crippen MR) is 82.5 cm³/mol. The zero-order chi connectivity index (χ0) is 14.6. The highest BCUT2D eigenvalue weighted by atomic mass is 127. The van der Waals surface area contributed by atoms with E-state index >= 15 is 0 Å². The van der Waals surface area contributed by atoms with Crippen LogP contribution in [0.5, 0.6) is 0 Å². The number of nitrogens with one attached hydrogen (secondary N) is 1. The number of amides is 1. The molecule has 0 aromatic heterocycles. The highest BCUT2D eigenvalue weighted by Crippen LogP contribution is 2.19. The summed E-state index contributed by atoms with van der Waals surface area (Å²) in [4.78, 5) is 23.0. The van der Waals surface area contributed by atoms with Crippen molar-refractivity contribution in [1.29, 1.82) is 0 Å². The molecule has 1 atom stereocenters. The van der Waals surface area contributed by atoms with Gasteiger partial charge in [-0.3, -0.25) is 4.79 Å². The lowest BCUT2D eigenvalue weighted by atomic mass is 10.0. The summed E-state index contributed by atoms with van der Waals surface area (Å²) in [5.74, 6) is -1.27. The number of carbonyl (C=O) groups is 2. The summed E-state index contributed by atoms with van der Waals surface area (Å²) in [6, 6.07) is 3.99. The number of carboxylic acid groups (broad SMARTS) is 1. The Balaban J connectivity index is 2.81. The molecule has 0 bridgehead atoms. The lowest BCUT2D eigenvalue weighted by Crippen LogP contribution is -2.41. The van der Waals surface area contributed by atoms with E-state index in [1.165, 1.54) is 6.07 Å². The molecule has 1 aromatic carbocycles. The van der Waals surface area contributed by atoms with E-state index in [0.717, 1.165) is 3.57 Å². The van der Waals surface area contributed by atoms with Crippen molar-refractivity contribution < 1.29 is 14.7 Å². The molecule has 6 heteroatoms. The van der Waals surface area contributed by atoms with Crippen LogP contribution in [0.15, 0.2) is 18.2 Å². The molecule has 0 radical (unpaired) electrons. The van der Waals surface area contributed by atoms with Crippen LogP contribution in [0.4, 0.5) is 0 Å². The Bertz CT molecular complexity index is 491. The van der Waals surface area contributed by atoms with Crippen molar-refractivity contribution in [3.05, 3.63) is 32.4 Å². The zero-order valence-corrected chi connectivity index (χ0v) is 13.5. The Labute approximate surface area is 130 Å². The third kappa shape index (κ3) is 4.99. The van der Waals surface area contributed by atoms with Gasteiger partial charge in [-0.1, -0.05) is 25.4 Å². The van der Waals surface area contributed by atoms with Crippen LogP contribution in [0, 0.1) is 9.49 Å². The van der Waals surface area contributed by atoms with Gasteiger partial charge < -0.3 is 10.4 Å². The first-order chi connectivity index (χ1) is 8.81. The smallest absolute Gasteiger partial charge is 0.326 e. The summed E-state index contributed by atoms with van der Waals surface area (Å²) in [5, 5.41) is 12.1. The number of hydrogen-bond acceptors (Lipinski definition) is 2. The van der Waals surface area contributed by atoms with E-state index in [1.54, 1.807) is 12.1 Å². The lowest BCUT2D eigenvalue weighted by molar-refractivity contribution is -0.139. The van der Waals surface area contributed by atoms with Crippen molar-refractivity contribution >= 4 is 46.1 Å². The van der Waals surface area contributed by atoms with Gasteiger partial charge in [0.1, 0.15) is 6.04 Å². The van der Waals surface area contributed by atoms with Crippen molar-refractivity contribution in [3.8, 4) is 0 Å². The Morgan fingerprint density at radius 1 is 1.42 bits per heavy atom. The number of halogens is 2. The molecule has 1 aromatic rings. The molecule has 0 spiro atoms. The van der Waals surface area contributed by atoms with Crippen LogP contribution in [0.3, 0.4) is 0 Å². The Morgan fingerprint density at radius 2 is 2.05 bits per heavy atom. The fraction of sp³-hybridized carbons (Fsp3) is 0.385. The van der Waals surface area contributed by atoms with Gasteiger partial charge in [0, 0.05) is 9.13 Å². The van der Waals surface area contributed by atoms with Crippen LogP contribution in [0.1, 0.15) is 30.6 Å². The summed E-state index contributed by atoms with van der Waals surface area (Å²) in [5.41, 5.74) is 0.362. The fourth-order valence-electron chi connectivity index (χ4n) is 1.57. The largest absolute Gasteiger partial charge is 0.480 e. The van der Waals surface area contributed by atoms with E-state index in [2.05, 4.69) is 27.9 Å². The Morgan fingerprint density at radius 3 is 2.53 bits per heavy atom. The molecule has 4 nitrogen and oxygen atoms in total. The summed E-state index contributed by atoms with van der Waals surface area (Å²) < 4.78 is 0.841. The predicted octanol–water partition coefficient (Wildman–Crippen LogP) is 3.17. The quantitative estimate of drug-likeness (QED) is 0.753. The van der Waals surface area contributed by atoms with E-state index in [1.807, 2.05) is 13.8 Å². The molecule has 2 N–H and O–H groups in total. The maximum Gasteiger partial charge on any atom is 0.326 e. The summed E-state index contributed by atoms with van der Waals surface area (Å²) in [6.07, 6.45) is 0.388. The summed E-state index contributed by atoms with van der Waals surface area (Å²) in [6.45, 7) is 3.81. The minimum atomic E-state index is -1.03. The standard InChI is InChI=1S/C13H15ClINO3/c1-7(2)5-11(13(18)19)16-12(17)8-3-4-10(15)9(14)6-8/h3-4,6-7,11H,5H2,1-2H3,(H,16,17)(H,18,19)/t11-/m1/s1. The Hall–Kier alpha value is -0.820. The number of carbonyl (C=O) groups excluding carboxylic acids is 1. The molecule has 0 unspecified atom stereocenters. The third-order valence-corrected chi connectivity index (χ3v) is 4.06. The number of carboxylic acids is 1. The zero-order valence-electron chi connectivity index (χ0n) is 10.6. The molecule has 0 aliphatic heterocycles. The molecule has 0 saturated heterocycles. The first-order valence-corrected chi connectivity index (χ1v) is 7.25. The van der Waals surface area contributed by atoms with Gasteiger partial charge in [0.15, 0.2) is 0 Å². The molecule has 1 amide bonds. The maximum atomic E-state index is 12.0. The van der Waals surface area contributed by atoms with E-state index in [9.17, 15) is 9.59 Å². The van der Waals surface area contributed by atoms with E-state index < -0.39 is 17.9 Å². The molecule has 1 rings (SSSR count). The molecule has 0 heterocycles. The van der Waals surface area contributed by atoms with Crippen LogP contribution in [-0.2, 0) is 4.79 Å². The van der Waals surface area contributed by atoms with Crippen molar-refractivity contribution in [3.63, 3.8) is 0 Å². The number of aliphatic carboxylic acids is 1. The molecule has 0 aliphatic rings. The highest BCUT2D eigenvalue weighted by Gasteiger charge is 2.21. The second-order valence-electron chi connectivity index (χ2n) is 4.62. The number of benzene rings is 1. The average Bonchev–Trinajstić information content (AvgIpc) is 2.31. The average molecular weight is 396 g/mol. The molecule has 0 aliphatic carbocycles. The van der Waals surface area contributed by atoms with Gasteiger partial charge in [0.2, 0.25) is 0 Å². The second-order valence-corrected chi connectivity index (χ2v) is 6.19. The van der Waals surface area contributed by atoms with E-state index in [0.29, 0.717) is 17.0 Å². The van der Waals surface area contributed by atoms with Gasteiger partial charge in [-0.15, -0.1) is 0 Å². The minimum absolute atomic E-state index is 0.182. The molecule has 0 saturated carbocycles. The SMILES string of the molecule is CC(C)C[C@@H](NC(=O)c1ccc(I)c(Cl)c1)C(=O)O. The van der Waals surface area contributed by atoms with Crippen LogP contribution in [-0.4, -0.2) is 23.0 Å². The highest BCUT2D eigenvalue weighted by molar-refractivity contribution is 14.1. The first kappa shape index (κ1) is 16.2. The topological polar surface area (TPSA) is 66.4 Å². The lowest BCUT2D eigenvalue weighted by Gasteiger charge is -2.16. The van der Waals surface area contributed by atoms with Gasteiger partial charge in [0.25, 0.3) is 5.91 Å². The molecule has 19 heavy (non-hydrogen) atoms. The van der Waals surface area contributed by atoms with E-state index in [-0.39, 0.29) is 5.92 Å². The Kier molecular flexibility index (Phi) is 6.06. The monoisotopic (exact) mass is 395 g/mol. The van der Waals surface area contributed by atoms with Crippen LogP contribution in [0.2, 0.25) is 5.02 Å². The van der Waals surface area contributed by atoms with Gasteiger partial charge >= 0.3 is 5.97 Å². The second kappa shape index (κ2) is 7.09. The van der Waals surface area contributed by atoms with Crippen LogP contribution in [0.25, 0.3) is 0 Å². The number of rotatable bonds is 5. The molecular weight excluding hydrogens is 381 g/mol. The minimum Gasteiger partial charge on any atom is -0.480 e.